The average molecular weight is 355 g/mol. The van der Waals surface area contributed by atoms with Crippen molar-refractivity contribution in [1.29, 1.82) is 0 Å². The Hall–Kier alpha value is -1.62. The third-order valence-electron chi connectivity index (χ3n) is 3.26. The van der Waals surface area contributed by atoms with Crippen LogP contribution in [0.3, 0.4) is 0 Å². The van der Waals surface area contributed by atoms with E-state index in [0.29, 0.717) is 12.3 Å². The van der Waals surface area contributed by atoms with E-state index < -0.39 is 34.5 Å². The summed E-state index contributed by atoms with van der Waals surface area (Å²) in [4.78, 5) is 0. The van der Waals surface area contributed by atoms with Crippen molar-refractivity contribution in [3.8, 4) is 11.8 Å². The standard InChI is InChI=1S/C12H16F3N3O4S/c1-21-10-2-3-11(17-16-10)22-9-4-6-18(8-9)23(19,20)7-5-12(13,14)15/h2-3,9H,4-8H2,1H3. The lowest BCUT2D eigenvalue weighted by Crippen LogP contribution is -2.34. The Balaban J connectivity index is 1.89. The number of hydrogen-bond donors (Lipinski definition) is 0. The smallest absolute Gasteiger partial charge is 0.390 e. The molecule has 0 bridgehead atoms. The number of halogens is 3. The second-order valence-corrected chi connectivity index (χ2v) is 7.07. The Bertz CT molecular complexity index is 621. The van der Waals surface area contributed by atoms with E-state index in [2.05, 4.69) is 10.2 Å². The molecule has 7 nitrogen and oxygen atoms in total. The van der Waals surface area contributed by atoms with Crippen LogP contribution in [0.25, 0.3) is 0 Å². The van der Waals surface area contributed by atoms with Gasteiger partial charge in [0.15, 0.2) is 0 Å². The van der Waals surface area contributed by atoms with Gasteiger partial charge in [0, 0.05) is 18.7 Å². The molecule has 1 atom stereocenters. The predicted octanol–water partition coefficient (Wildman–Crippen LogP) is 1.22. The van der Waals surface area contributed by atoms with E-state index in [-0.39, 0.29) is 19.0 Å². The molecule has 11 heteroatoms. The minimum Gasteiger partial charge on any atom is -0.480 e. The molecule has 1 fully saturated rings. The molecule has 1 saturated heterocycles. The Morgan fingerprint density at radius 1 is 1.30 bits per heavy atom. The van der Waals surface area contributed by atoms with Crippen LogP contribution in [0.2, 0.25) is 0 Å². The van der Waals surface area contributed by atoms with Gasteiger partial charge < -0.3 is 9.47 Å². The Morgan fingerprint density at radius 2 is 1.96 bits per heavy atom. The number of ether oxygens (including phenoxy) is 2. The molecule has 2 rings (SSSR count). The number of nitrogens with zero attached hydrogens (tertiary/aromatic N) is 3. The Kier molecular flexibility index (Phi) is 5.30. The van der Waals surface area contributed by atoms with Crippen molar-refractivity contribution in [2.45, 2.75) is 25.1 Å². The topological polar surface area (TPSA) is 81.6 Å². The van der Waals surface area contributed by atoms with Gasteiger partial charge >= 0.3 is 6.18 Å². The van der Waals surface area contributed by atoms with Crippen molar-refractivity contribution in [3.63, 3.8) is 0 Å². The van der Waals surface area contributed by atoms with Crippen LogP contribution in [-0.4, -0.2) is 61.2 Å². The first-order valence-corrected chi connectivity index (χ1v) is 8.39. The molecule has 0 spiro atoms. The maximum Gasteiger partial charge on any atom is 0.390 e. The molecule has 1 unspecified atom stereocenters. The summed E-state index contributed by atoms with van der Waals surface area (Å²) in [6.45, 7) is 0.113. The number of aromatic nitrogens is 2. The van der Waals surface area contributed by atoms with Gasteiger partial charge in [-0.25, -0.2) is 8.42 Å². The van der Waals surface area contributed by atoms with Crippen molar-refractivity contribution in [2.75, 3.05) is 26.0 Å². The van der Waals surface area contributed by atoms with Crippen LogP contribution in [0.15, 0.2) is 12.1 Å². The first-order chi connectivity index (χ1) is 10.7. The summed E-state index contributed by atoms with van der Waals surface area (Å²) < 4.78 is 71.6. The van der Waals surface area contributed by atoms with Gasteiger partial charge in [-0.1, -0.05) is 0 Å². The van der Waals surface area contributed by atoms with E-state index in [1.165, 1.54) is 19.2 Å². The van der Waals surface area contributed by atoms with E-state index in [9.17, 15) is 21.6 Å². The van der Waals surface area contributed by atoms with Crippen molar-refractivity contribution in [3.05, 3.63) is 12.1 Å². The van der Waals surface area contributed by atoms with Crippen LogP contribution in [-0.2, 0) is 10.0 Å². The third kappa shape index (κ3) is 5.20. The highest BCUT2D eigenvalue weighted by Crippen LogP contribution is 2.24. The van der Waals surface area contributed by atoms with E-state index in [1.54, 1.807) is 0 Å². The van der Waals surface area contributed by atoms with Crippen LogP contribution in [0, 0.1) is 0 Å². The zero-order chi connectivity index (χ0) is 17.1. The summed E-state index contributed by atoms with van der Waals surface area (Å²) in [6, 6.07) is 3.06. The summed E-state index contributed by atoms with van der Waals surface area (Å²) in [7, 11) is -2.52. The molecule has 0 amide bonds. The first-order valence-electron chi connectivity index (χ1n) is 6.78. The largest absolute Gasteiger partial charge is 0.480 e. The summed E-state index contributed by atoms with van der Waals surface area (Å²) in [5.74, 6) is -0.448. The molecule has 23 heavy (non-hydrogen) atoms. The van der Waals surface area contributed by atoms with E-state index in [1.807, 2.05) is 0 Å². The van der Waals surface area contributed by atoms with Gasteiger partial charge in [-0.3, -0.25) is 0 Å². The molecule has 0 aromatic carbocycles. The van der Waals surface area contributed by atoms with E-state index >= 15 is 0 Å². The van der Waals surface area contributed by atoms with E-state index in [0.717, 1.165) is 4.31 Å². The average Bonchev–Trinajstić information content (AvgIpc) is 2.95. The summed E-state index contributed by atoms with van der Waals surface area (Å²) in [5, 5.41) is 7.46. The van der Waals surface area contributed by atoms with Crippen LogP contribution in [0.1, 0.15) is 12.8 Å². The van der Waals surface area contributed by atoms with Crippen LogP contribution in [0.4, 0.5) is 13.2 Å². The monoisotopic (exact) mass is 355 g/mol. The lowest BCUT2D eigenvalue weighted by Gasteiger charge is -2.17. The molecule has 1 aromatic heterocycles. The summed E-state index contributed by atoms with van der Waals surface area (Å²) in [5.41, 5.74) is 0. The maximum atomic E-state index is 12.2. The molecule has 0 saturated carbocycles. The number of alkyl halides is 3. The van der Waals surface area contributed by atoms with Gasteiger partial charge in [-0.05, 0) is 6.42 Å². The number of rotatable bonds is 6. The zero-order valence-corrected chi connectivity index (χ0v) is 13.1. The second-order valence-electron chi connectivity index (χ2n) is 4.98. The fourth-order valence-electron chi connectivity index (χ4n) is 2.07. The van der Waals surface area contributed by atoms with E-state index in [4.69, 9.17) is 9.47 Å². The van der Waals surface area contributed by atoms with Crippen molar-refractivity contribution in [1.82, 2.24) is 14.5 Å². The third-order valence-corrected chi connectivity index (χ3v) is 5.10. The quantitative estimate of drug-likeness (QED) is 0.763. The minimum atomic E-state index is -4.50. The molecule has 1 aliphatic heterocycles. The normalized spacial score (nSPS) is 19.7. The van der Waals surface area contributed by atoms with Crippen LogP contribution >= 0.6 is 0 Å². The number of sulfonamides is 1. The fourth-order valence-corrected chi connectivity index (χ4v) is 3.60. The number of hydrogen-bond acceptors (Lipinski definition) is 6. The Labute approximate surface area is 131 Å². The summed E-state index contributed by atoms with van der Waals surface area (Å²) >= 11 is 0. The molecule has 130 valence electrons. The molecule has 0 N–H and O–H groups in total. The fraction of sp³-hybridized carbons (Fsp3) is 0.667. The first kappa shape index (κ1) is 17.7. The van der Waals surface area contributed by atoms with Crippen LogP contribution in [0.5, 0.6) is 11.8 Å². The van der Waals surface area contributed by atoms with Gasteiger partial charge in [0.25, 0.3) is 0 Å². The zero-order valence-electron chi connectivity index (χ0n) is 12.3. The molecular formula is C12H16F3N3O4S. The van der Waals surface area contributed by atoms with Crippen molar-refractivity contribution < 1.29 is 31.1 Å². The lowest BCUT2D eigenvalue weighted by atomic mass is 10.3. The SMILES string of the molecule is COc1ccc(OC2CCN(S(=O)(=O)CCC(F)(F)F)C2)nn1. The highest BCUT2D eigenvalue weighted by Gasteiger charge is 2.36. The van der Waals surface area contributed by atoms with Gasteiger partial charge in [-0.15, -0.1) is 10.2 Å². The predicted molar refractivity (Wildman–Crippen MR) is 73.6 cm³/mol. The van der Waals surface area contributed by atoms with Crippen molar-refractivity contribution in [2.24, 2.45) is 0 Å². The highest BCUT2D eigenvalue weighted by atomic mass is 32.2. The second kappa shape index (κ2) is 6.87. The van der Waals surface area contributed by atoms with Gasteiger partial charge in [0.05, 0.1) is 25.8 Å². The van der Waals surface area contributed by atoms with Gasteiger partial charge in [0.1, 0.15) is 6.10 Å². The maximum absolute atomic E-state index is 12.2. The summed E-state index contributed by atoms with van der Waals surface area (Å²) in [6.07, 6.45) is -5.96. The molecule has 1 aliphatic rings. The molecule has 1 aromatic rings. The lowest BCUT2D eigenvalue weighted by molar-refractivity contribution is -0.130. The molecule has 0 radical (unpaired) electrons. The number of methoxy groups -OCH3 is 1. The Morgan fingerprint density at radius 3 is 2.52 bits per heavy atom. The highest BCUT2D eigenvalue weighted by molar-refractivity contribution is 7.89. The molecule has 0 aliphatic carbocycles. The van der Waals surface area contributed by atoms with Gasteiger partial charge in [-0.2, -0.15) is 17.5 Å². The van der Waals surface area contributed by atoms with Gasteiger partial charge in [0.2, 0.25) is 21.8 Å². The van der Waals surface area contributed by atoms with Crippen LogP contribution < -0.4 is 9.47 Å². The molecule has 2 heterocycles. The molecular weight excluding hydrogens is 339 g/mol. The van der Waals surface area contributed by atoms with Crippen molar-refractivity contribution >= 4 is 10.0 Å². The minimum absolute atomic E-state index is 0.00605.